The maximum atomic E-state index is 11.3. The predicted molar refractivity (Wildman–Crippen MR) is 79.7 cm³/mol. The van der Waals surface area contributed by atoms with Gasteiger partial charge in [0.25, 0.3) is 4.74 Å². The molecule has 0 bridgehead atoms. The lowest BCUT2D eigenvalue weighted by Gasteiger charge is -2.17. The SMILES string of the molecule is CN(Cc1cccc(Br)c1)c1ssc(=O)c1Cl. The van der Waals surface area contributed by atoms with Crippen LogP contribution in [0.1, 0.15) is 5.56 Å². The van der Waals surface area contributed by atoms with E-state index in [2.05, 4.69) is 22.0 Å². The molecule has 2 aromatic rings. The molecule has 1 aromatic heterocycles. The largest absolute Gasteiger partial charge is 0.360 e. The van der Waals surface area contributed by atoms with E-state index in [1.807, 2.05) is 30.1 Å². The van der Waals surface area contributed by atoms with E-state index in [9.17, 15) is 4.79 Å². The van der Waals surface area contributed by atoms with Crippen molar-refractivity contribution < 1.29 is 0 Å². The minimum Gasteiger partial charge on any atom is -0.360 e. The van der Waals surface area contributed by atoms with Crippen molar-refractivity contribution >= 4 is 53.2 Å². The van der Waals surface area contributed by atoms with Gasteiger partial charge in [0, 0.05) is 18.1 Å². The smallest absolute Gasteiger partial charge is 0.263 e. The number of rotatable bonds is 3. The molecule has 1 aromatic carbocycles. The zero-order chi connectivity index (χ0) is 12.4. The van der Waals surface area contributed by atoms with Crippen LogP contribution in [-0.4, -0.2) is 7.05 Å². The summed E-state index contributed by atoms with van der Waals surface area (Å²) in [4.78, 5) is 13.3. The Morgan fingerprint density at radius 3 is 2.76 bits per heavy atom. The fourth-order valence-corrected chi connectivity index (χ4v) is 4.64. The van der Waals surface area contributed by atoms with Gasteiger partial charge in [-0.1, -0.05) is 50.0 Å². The van der Waals surface area contributed by atoms with Crippen molar-refractivity contribution in [3.63, 3.8) is 0 Å². The highest BCUT2D eigenvalue weighted by Crippen LogP contribution is 2.31. The van der Waals surface area contributed by atoms with Crippen LogP contribution in [0.4, 0.5) is 5.00 Å². The Balaban J connectivity index is 2.20. The van der Waals surface area contributed by atoms with Gasteiger partial charge in [0.15, 0.2) is 0 Å². The van der Waals surface area contributed by atoms with Crippen LogP contribution in [0.3, 0.4) is 0 Å². The molecule has 0 saturated heterocycles. The molecule has 17 heavy (non-hydrogen) atoms. The molecule has 0 amide bonds. The Morgan fingerprint density at radius 2 is 2.18 bits per heavy atom. The highest BCUT2D eigenvalue weighted by Gasteiger charge is 2.12. The van der Waals surface area contributed by atoms with Crippen molar-refractivity contribution in [1.29, 1.82) is 0 Å². The quantitative estimate of drug-likeness (QED) is 0.772. The number of anilines is 1. The summed E-state index contributed by atoms with van der Waals surface area (Å²) in [5, 5.41) is 1.17. The van der Waals surface area contributed by atoms with Crippen LogP contribution in [0.2, 0.25) is 5.02 Å². The van der Waals surface area contributed by atoms with Gasteiger partial charge in [0.2, 0.25) is 0 Å². The summed E-state index contributed by atoms with van der Waals surface area (Å²) in [6.07, 6.45) is 0. The van der Waals surface area contributed by atoms with E-state index in [0.717, 1.165) is 16.0 Å². The Kier molecular flexibility index (Phi) is 4.25. The summed E-state index contributed by atoms with van der Waals surface area (Å²) in [6, 6.07) is 8.08. The van der Waals surface area contributed by atoms with Gasteiger partial charge in [-0.2, -0.15) is 0 Å². The Hall–Kier alpha value is -0.360. The third kappa shape index (κ3) is 3.10. The van der Waals surface area contributed by atoms with Gasteiger partial charge in [0.05, 0.1) is 0 Å². The maximum Gasteiger partial charge on any atom is 0.263 e. The Bertz CT molecular complexity index is 581. The summed E-state index contributed by atoms with van der Waals surface area (Å²) in [5.41, 5.74) is 1.17. The molecule has 0 radical (unpaired) electrons. The first-order chi connectivity index (χ1) is 8.08. The fraction of sp³-hybridized carbons (Fsp3) is 0.182. The molecule has 0 aliphatic rings. The highest BCUT2D eigenvalue weighted by molar-refractivity contribution is 9.10. The first-order valence-electron chi connectivity index (χ1n) is 4.82. The summed E-state index contributed by atoms with van der Waals surface area (Å²) >= 11 is 9.40. The molecule has 0 atom stereocenters. The molecule has 0 unspecified atom stereocenters. The summed E-state index contributed by atoms with van der Waals surface area (Å²) in [5.74, 6) is 0. The maximum absolute atomic E-state index is 11.3. The molecule has 0 aliphatic heterocycles. The van der Waals surface area contributed by atoms with Gasteiger partial charge >= 0.3 is 0 Å². The van der Waals surface area contributed by atoms with Gasteiger partial charge in [-0.15, -0.1) is 0 Å². The number of benzene rings is 1. The van der Waals surface area contributed by atoms with Gasteiger partial charge in [-0.05, 0) is 28.0 Å². The molecule has 0 saturated carbocycles. The van der Waals surface area contributed by atoms with Crippen LogP contribution in [0.25, 0.3) is 0 Å². The third-order valence-corrected chi connectivity index (χ3v) is 5.58. The van der Waals surface area contributed by atoms with Crippen LogP contribution >= 0.6 is 48.2 Å². The average Bonchev–Trinajstić information content (AvgIpc) is 2.60. The number of halogens is 2. The lowest BCUT2D eigenvalue weighted by atomic mass is 10.2. The van der Waals surface area contributed by atoms with Crippen molar-refractivity contribution in [2.24, 2.45) is 0 Å². The number of hydrogen-bond donors (Lipinski definition) is 0. The van der Waals surface area contributed by atoms with E-state index in [1.165, 1.54) is 26.2 Å². The van der Waals surface area contributed by atoms with Crippen molar-refractivity contribution in [3.05, 3.63) is 48.9 Å². The molecule has 0 fully saturated rings. The lowest BCUT2D eigenvalue weighted by molar-refractivity contribution is 0.934. The van der Waals surface area contributed by atoms with Crippen molar-refractivity contribution in [1.82, 2.24) is 0 Å². The minimum absolute atomic E-state index is 0.0623. The van der Waals surface area contributed by atoms with E-state index in [0.29, 0.717) is 5.02 Å². The van der Waals surface area contributed by atoms with Crippen LogP contribution in [0.15, 0.2) is 33.5 Å². The first-order valence-corrected chi connectivity index (χ1v) is 8.14. The van der Waals surface area contributed by atoms with Crippen LogP contribution in [0, 0.1) is 0 Å². The molecular formula is C11H9BrClNOS2. The lowest BCUT2D eigenvalue weighted by Crippen LogP contribution is -2.16. The molecule has 90 valence electrons. The predicted octanol–water partition coefficient (Wildman–Crippen LogP) is 4.22. The van der Waals surface area contributed by atoms with Gasteiger partial charge in [0.1, 0.15) is 10.0 Å². The van der Waals surface area contributed by atoms with E-state index in [-0.39, 0.29) is 4.74 Å². The third-order valence-electron chi connectivity index (χ3n) is 2.22. The van der Waals surface area contributed by atoms with E-state index < -0.39 is 0 Å². The van der Waals surface area contributed by atoms with Crippen molar-refractivity contribution in [3.8, 4) is 0 Å². The summed E-state index contributed by atoms with van der Waals surface area (Å²) in [7, 11) is 4.53. The molecule has 0 aliphatic carbocycles. The molecule has 1 heterocycles. The zero-order valence-corrected chi connectivity index (χ0v) is 12.9. The second-order valence-corrected chi connectivity index (χ2v) is 6.94. The molecular weight excluding hydrogens is 342 g/mol. The number of hydrogen-bond acceptors (Lipinski definition) is 4. The van der Waals surface area contributed by atoms with E-state index in [1.54, 1.807) is 0 Å². The molecule has 2 rings (SSSR count). The fourth-order valence-electron chi connectivity index (χ4n) is 1.45. The topological polar surface area (TPSA) is 20.3 Å². The van der Waals surface area contributed by atoms with Crippen molar-refractivity contribution in [2.75, 3.05) is 11.9 Å². The van der Waals surface area contributed by atoms with Gasteiger partial charge in [-0.25, -0.2) is 0 Å². The summed E-state index contributed by atoms with van der Waals surface area (Å²) in [6.45, 7) is 0.728. The van der Waals surface area contributed by atoms with Crippen LogP contribution in [0.5, 0.6) is 0 Å². The van der Waals surface area contributed by atoms with Gasteiger partial charge in [-0.3, -0.25) is 4.79 Å². The van der Waals surface area contributed by atoms with E-state index in [4.69, 9.17) is 11.6 Å². The number of nitrogens with zero attached hydrogens (tertiary/aromatic N) is 1. The Labute approximate surface area is 120 Å². The monoisotopic (exact) mass is 349 g/mol. The first kappa shape index (κ1) is 13.1. The van der Waals surface area contributed by atoms with Crippen molar-refractivity contribution in [2.45, 2.75) is 6.54 Å². The highest BCUT2D eigenvalue weighted by atomic mass is 79.9. The molecule has 6 heteroatoms. The second kappa shape index (κ2) is 5.52. The van der Waals surface area contributed by atoms with Gasteiger partial charge < -0.3 is 4.90 Å². The molecule has 0 spiro atoms. The standard InChI is InChI=1S/C11H9BrClNOS2/c1-14(10-9(13)11(15)17-16-10)6-7-3-2-4-8(12)5-7/h2-5H,6H2,1H3. The normalized spacial score (nSPS) is 10.5. The van der Waals surface area contributed by atoms with E-state index >= 15 is 0 Å². The second-order valence-electron chi connectivity index (χ2n) is 3.56. The van der Waals surface area contributed by atoms with Crippen LogP contribution in [-0.2, 0) is 6.54 Å². The van der Waals surface area contributed by atoms with Crippen LogP contribution < -0.4 is 9.64 Å². The zero-order valence-electron chi connectivity index (χ0n) is 8.94. The Morgan fingerprint density at radius 1 is 1.41 bits per heavy atom. The molecule has 2 nitrogen and oxygen atoms in total. The molecule has 0 N–H and O–H groups in total. The average molecular weight is 351 g/mol. The minimum atomic E-state index is -0.0623. The summed E-state index contributed by atoms with van der Waals surface area (Å²) < 4.78 is 0.987.